The van der Waals surface area contributed by atoms with Gasteiger partial charge in [0, 0.05) is 6.42 Å². The molecule has 0 aliphatic rings. The lowest BCUT2D eigenvalue weighted by Gasteiger charge is -2.29. The topological polar surface area (TPSA) is 3.01 Å². The highest BCUT2D eigenvalue weighted by Gasteiger charge is 2.19. The SMILES string of the molecule is C[CH-]C=[N+]([CH-]C)C(C)(C)CC. The van der Waals surface area contributed by atoms with E-state index in [4.69, 9.17) is 0 Å². The van der Waals surface area contributed by atoms with E-state index in [0.29, 0.717) is 0 Å². The maximum atomic E-state index is 2.24. The molecule has 0 saturated heterocycles. The van der Waals surface area contributed by atoms with Crippen molar-refractivity contribution in [2.45, 2.75) is 46.6 Å². The zero-order chi connectivity index (χ0) is 8.91. The van der Waals surface area contributed by atoms with Crippen LogP contribution in [0.25, 0.3) is 0 Å². The standard InChI is InChI=1S/C10H20N/c1-6-9-11(8-3)10(4,5)7-2/h6,8-9H,7H2,1-5H3/q-1. The molecule has 0 saturated carbocycles. The molecular formula is C10H20N-. The monoisotopic (exact) mass is 154 g/mol. The molecule has 0 fully saturated rings. The van der Waals surface area contributed by atoms with Crippen molar-refractivity contribution in [3.05, 3.63) is 13.0 Å². The van der Waals surface area contributed by atoms with Crippen molar-refractivity contribution in [3.63, 3.8) is 0 Å². The molecule has 0 unspecified atom stereocenters. The van der Waals surface area contributed by atoms with E-state index in [1.165, 1.54) is 0 Å². The van der Waals surface area contributed by atoms with Crippen LogP contribution < -0.4 is 0 Å². The Labute approximate surface area is 71.1 Å². The van der Waals surface area contributed by atoms with Crippen molar-refractivity contribution in [2.24, 2.45) is 0 Å². The Hall–Kier alpha value is -0.590. The second-order valence-electron chi connectivity index (χ2n) is 3.31. The van der Waals surface area contributed by atoms with E-state index < -0.39 is 0 Å². The summed E-state index contributed by atoms with van der Waals surface area (Å²) in [6.07, 6.45) is 5.34. The molecule has 0 atom stereocenters. The van der Waals surface area contributed by atoms with E-state index in [2.05, 4.69) is 51.5 Å². The number of hydrogen-bond donors (Lipinski definition) is 0. The molecule has 0 aromatic carbocycles. The average Bonchev–Trinajstić information content (AvgIpc) is 2.00. The largest absolute Gasteiger partial charge is 0.397 e. The molecule has 0 aliphatic carbocycles. The van der Waals surface area contributed by atoms with E-state index in [0.717, 1.165) is 6.42 Å². The van der Waals surface area contributed by atoms with Gasteiger partial charge in [0.05, 0.1) is 0 Å². The van der Waals surface area contributed by atoms with Gasteiger partial charge in [-0.2, -0.15) is 6.92 Å². The third kappa shape index (κ3) is 2.87. The number of nitrogens with zero attached hydrogens (tertiary/aromatic N) is 1. The number of hydrogen-bond acceptors (Lipinski definition) is 0. The first-order valence-corrected chi connectivity index (χ1v) is 4.29. The van der Waals surface area contributed by atoms with Crippen LogP contribution in [0.4, 0.5) is 0 Å². The highest BCUT2D eigenvalue weighted by Crippen LogP contribution is 2.13. The van der Waals surface area contributed by atoms with Crippen LogP contribution in [0.3, 0.4) is 0 Å². The quantitative estimate of drug-likeness (QED) is 0.333. The smallest absolute Gasteiger partial charge is 0.127 e. The summed E-state index contributed by atoms with van der Waals surface area (Å²) in [5.74, 6) is 0. The number of rotatable bonds is 4. The van der Waals surface area contributed by atoms with Crippen LogP contribution in [0.1, 0.15) is 41.0 Å². The highest BCUT2D eigenvalue weighted by molar-refractivity contribution is 5.61. The Morgan fingerprint density at radius 1 is 1.36 bits per heavy atom. The summed E-state index contributed by atoms with van der Waals surface area (Å²) in [4.78, 5) is 0. The predicted molar refractivity (Wildman–Crippen MR) is 50.6 cm³/mol. The van der Waals surface area contributed by atoms with Crippen molar-refractivity contribution in [1.29, 1.82) is 0 Å². The van der Waals surface area contributed by atoms with Gasteiger partial charge in [0.1, 0.15) is 5.54 Å². The first kappa shape index (κ1) is 10.4. The zero-order valence-corrected chi connectivity index (χ0v) is 8.39. The van der Waals surface area contributed by atoms with E-state index in [-0.39, 0.29) is 5.54 Å². The van der Waals surface area contributed by atoms with Crippen molar-refractivity contribution in [3.8, 4) is 0 Å². The normalized spacial score (nSPS) is 13.0. The summed E-state index contributed by atoms with van der Waals surface area (Å²) < 4.78 is 2.24. The zero-order valence-electron chi connectivity index (χ0n) is 8.39. The minimum Gasteiger partial charge on any atom is -0.397 e. The summed E-state index contributed by atoms with van der Waals surface area (Å²) >= 11 is 0. The molecule has 0 bridgehead atoms. The second kappa shape index (κ2) is 4.32. The van der Waals surface area contributed by atoms with Crippen molar-refractivity contribution in [1.82, 2.24) is 0 Å². The van der Waals surface area contributed by atoms with Gasteiger partial charge >= 0.3 is 0 Å². The van der Waals surface area contributed by atoms with Crippen molar-refractivity contribution < 1.29 is 4.58 Å². The van der Waals surface area contributed by atoms with Gasteiger partial charge in [0.25, 0.3) is 0 Å². The van der Waals surface area contributed by atoms with Crippen LogP contribution in [0, 0.1) is 13.0 Å². The Bertz CT molecular complexity index is 134. The third-order valence-corrected chi connectivity index (χ3v) is 2.15. The van der Waals surface area contributed by atoms with Crippen LogP contribution in [-0.4, -0.2) is 16.3 Å². The van der Waals surface area contributed by atoms with Crippen molar-refractivity contribution in [2.75, 3.05) is 0 Å². The Kier molecular flexibility index (Phi) is 4.09. The maximum Gasteiger partial charge on any atom is 0.127 e. The predicted octanol–water partition coefficient (Wildman–Crippen LogP) is 2.66. The summed E-state index contributed by atoms with van der Waals surface area (Å²) in [5, 5.41) is 0. The molecular weight excluding hydrogens is 134 g/mol. The van der Waals surface area contributed by atoms with Gasteiger partial charge in [-0.05, 0) is 20.4 Å². The van der Waals surface area contributed by atoms with E-state index in [9.17, 15) is 0 Å². The molecule has 0 aromatic rings. The summed E-state index contributed by atoms with van der Waals surface area (Å²) in [6, 6.07) is 0. The molecule has 0 rings (SSSR count). The molecule has 0 heterocycles. The molecule has 0 radical (unpaired) electrons. The van der Waals surface area contributed by atoms with Crippen LogP contribution in [-0.2, 0) is 0 Å². The molecule has 0 aliphatic heterocycles. The fourth-order valence-corrected chi connectivity index (χ4v) is 0.981. The second-order valence-corrected chi connectivity index (χ2v) is 3.31. The van der Waals surface area contributed by atoms with E-state index in [1.54, 1.807) is 0 Å². The molecule has 1 heteroatoms. The molecule has 0 aromatic heterocycles. The van der Waals surface area contributed by atoms with Gasteiger partial charge in [0.2, 0.25) is 0 Å². The van der Waals surface area contributed by atoms with Gasteiger partial charge in [-0.25, -0.2) is 0 Å². The summed E-state index contributed by atoms with van der Waals surface area (Å²) in [6.45, 7) is 12.9. The van der Waals surface area contributed by atoms with Crippen LogP contribution in [0.2, 0.25) is 0 Å². The van der Waals surface area contributed by atoms with Gasteiger partial charge < -0.3 is 11.0 Å². The van der Waals surface area contributed by atoms with Gasteiger partial charge in [0.15, 0.2) is 0 Å². The Balaban J connectivity index is 4.36. The van der Waals surface area contributed by atoms with Gasteiger partial charge in [-0.15, -0.1) is 6.21 Å². The lowest BCUT2D eigenvalue weighted by molar-refractivity contribution is -0.561. The first-order valence-electron chi connectivity index (χ1n) is 4.29. The molecule has 0 N–H and O–H groups in total. The minimum atomic E-state index is 0.251. The molecule has 11 heavy (non-hydrogen) atoms. The summed E-state index contributed by atoms with van der Waals surface area (Å²) in [5.41, 5.74) is 0.251. The lowest BCUT2D eigenvalue weighted by atomic mass is 10.0. The molecule has 0 spiro atoms. The van der Waals surface area contributed by atoms with Gasteiger partial charge in [-0.1, -0.05) is 13.8 Å². The highest BCUT2D eigenvalue weighted by atomic mass is 15.1. The Morgan fingerprint density at radius 3 is 2.18 bits per heavy atom. The first-order chi connectivity index (χ1) is 5.08. The van der Waals surface area contributed by atoms with Crippen LogP contribution in [0.5, 0.6) is 0 Å². The van der Waals surface area contributed by atoms with Gasteiger partial charge in [-0.3, -0.25) is 0 Å². The minimum absolute atomic E-state index is 0.251. The summed E-state index contributed by atoms with van der Waals surface area (Å²) in [7, 11) is 0. The van der Waals surface area contributed by atoms with Crippen LogP contribution in [0.15, 0.2) is 0 Å². The van der Waals surface area contributed by atoms with Crippen LogP contribution >= 0.6 is 0 Å². The third-order valence-electron chi connectivity index (χ3n) is 2.15. The average molecular weight is 154 g/mol. The lowest BCUT2D eigenvalue weighted by Crippen LogP contribution is -2.34. The van der Waals surface area contributed by atoms with E-state index >= 15 is 0 Å². The molecule has 66 valence electrons. The fourth-order valence-electron chi connectivity index (χ4n) is 0.981. The van der Waals surface area contributed by atoms with E-state index in [1.807, 2.05) is 6.92 Å². The molecule has 1 nitrogen and oxygen atoms in total. The maximum absolute atomic E-state index is 2.24. The fraction of sp³-hybridized carbons (Fsp3) is 0.700. The molecule has 0 amide bonds. The van der Waals surface area contributed by atoms with Crippen molar-refractivity contribution >= 4 is 6.21 Å². The Morgan fingerprint density at radius 2 is 1.91 bits per heavy atom.